The molecule has 1 saturated heterocycles. The molecule has 2 heterocycles. The van der Waals surface area contributed by atoms with Crippen molar-refractivity contribution >= 4 is 17.6 Å². The first-order valence-corrected chi connectivity index (χ1v) is 14.9. The summed E-state index contributed by atoms with van der Waals surface area (Å²) in [5.41, 5.74) is -3.36. The van der Waals surface area contributed by atoms with E-state index in [-0.39, 0.29) is 50.7 Å². The van der Waals surface area contributed by atoms with Crippen LogP contribution in [0, 0.1) is 11.7 Å². The van der Waals surface area contributed by atoms with E-state index in [4.69, 9.17) is 0 Å². The maximum atomic E-state index is 13.8. The Bertz CT molecular complexity index is 1630. The van der Waals surface area contributed by atoms with E-state index < -0.39 is 76.9 Å². The van der Waals surface area contributed by atoms with Crippen LogP contribution in [0.4, 0.5) is 54.4 Å². The van der Waals surface area contributed by atoms with Crippen molar-refractivity contribution in [3.63, 3.8) is 0 Å². The predicted octanol–water partition coefficient (Wildman–Crippen LogP) is 6.78. The van der Waals surface area contributed by atoms with Crippen molar-refractivity contribution in [1.29, 1.82) is 0 Å². The Morgan fingerprint density at radius 2 is 1.37 bits per heavy atom. The van der Waals surface area contributed by atoms with Gasteiger partial charge in [-0.3, -0.25) is 9.69 Å². The molecule has 1 aliphatic carbocycles. The van der Waals surface area contributed by atoms with Gasteiger partial charge in [-0.15, -0.1) is 5.10 Å². The Morgan fingerprint density at radius 3 is 1.90 bits per heavy atom. The number of carbonyl (C=O) groups excluding carboxylic acids is 2. The minimum absolute atomic E-state index is 0.0311. The molecule has 0 bridgehead atoms. The van der Waals surface area contributed by atoms with Crippen molar-refractivity contribution < 1.29 is 53.5 Å². The number of anilines is 1. The number of amides is 3. The van der Waals surface area contributed by atoms with Gasteiger partial charge in [0.15, 0.2) is 0 Å². The average Bonchev–Trinajstić information content (AvgIpc) is 3.72. The molecule has 3 aromatic rings. The normalized spacial score (nSPS) is 21.9. The van der Waals surface area contributed by atoms with E-state index in [1.54, 1.807) is 0 Å². The largest absolute Gasteiger partial charge is 0.453 e. The van der Waals surface area contributed by atoms with Gasteiger partial charge < -0.3 is 9.80 Å². The number of urea groups is 1. The molecule has 2 aliphatic rings. The average molecular weight is 710 g/mol. The van der Waals surface area contributed by atoms with E-state index in [2.05, 4.69) is 15.5 Å². The maximum absolute atomic E-state index is 13.8. The number of rotatable bonds is 5. The molecule has 1 aliphatic heterocycles. The third-order valence-corrected chi connectivity index (χ3v) is 9.08. The Balaban J connectivity index is 1.36. The summed E-state index contributed by atoms with van der Waals surface area (Å²) in [5, 5.41) is 9.68. The molecule has 0 N–H and O–H groups in total. The number of likely N-dealkylation sites (tertiary alicyclic amines) is 1. The number of likely N-dealkylation sites (N-methyl/N-ethyl adjacent to an activating group) is 1. The Kier molecular flexibility index (Phi) is 9.59. The van der Waals surface area contributed by atoms with Gasteiger partial charge in [0.2, 0.25) is 5.91 Å². The molecule has 1 saturated carbocycles. The first-order chi connectivity index (χ1) is 22.8. The van der Waals surface area contributed by atoms with Crippen molar-refractivity contribution in [3.05, 3.63) is 70.8 Å². The molecule has 0 unspecified atom stereocenters. The van der Waals surface area contributed by atoms with E-state index in [9.17, 15) is 53.5 Å². The van der Waals surface area contributed by atoms with Crippen LogP contribution in [0.1, 0.15) is 60.2 Å². The summed E-state index contributed by atoms with van der Waals surface area (Å²) in [4.78, 5) is 30.6. The van der Waals surface area contributed by atoms with Crippen LogP contribution in [0.5, 0.6) is 0 Å². The molecule has 266 valence electrons. The minimum atomic E-state index is -5.14. The van der Waals surface area contributed by atoms with Crippen molar-refractivity contribution in [1.82, 2.24) is 30.0 Å². The van der Waals surface area contributed by atoms with Crippen molar-refractivity contribution in [2.45, 2.75) is 62.2 Å². The van der Waals surface area contributed by atoms with Crippen molar-refractivity contribution in [2.75, 3.05) is 32.1 Å². The topological polar surface area (TPSA) is 87.5 Å². The number of benzene rings is 2. The van der Waals surface area contributed by atoms with Crippen LogP contribution in [-0.4, -0.2) is 75.2 Å². The first-order valence-electron chi connectivity index (χ1n) is 14.9. The molecule has 3 amide bonds. The lowest BCUT2D eigenvalue weighted by Gasteiger charge is -2.33. The SMILES string of the molecule is CN(C(=O)N(C)[C@@H]1CN(C(=O)[C@H]2CC[C@@H](n3nnnc3C(F)(F)F)CC2)C[C@H]1c1ccc(F)cc1)c1cc(C(F)(F)F)cc(C(F)(F)F)c1. The van der Waals surface area contributed by atoms with Gasteiger partial charge in [0.05, 0.1) is 23.2 Å². The van der Waals surface area contributed by atoms with Crippen molar-refractivity contribution in [3.8, 4) is 0 Å². The van der Waals surface area contributed by atoms with E-state index >= 15 is 0 Å². The highest BCUT2D eigenvalue weighted by Crippen LogP contribution is 2.41. The summed E-state index contributed by atoms with van der Waals surface area (Å²) in [6.07, 6.45) is -14.3. The molecule has 0 radical (unpaired) electrons. The second-order valence-electron chi connectivity index (χ2n) is 12.1. The van der Waals surface area contributed by atoms with Gasteiger partial charge in [-0.1, -0.05) is 12.1 Å². The Morgan fingerprint density at radius 1 is 0.796 bits per heavy atom. The highest BCUT2D eigenvalue weighted by atomic mass is 19.4. The van der Waals surface area contributed by atoms with Gasteiger partial charge in [-0.2, -0.15) is 39.5 Å². The van der Waals surface area contributed by atoms with Crippen molar-refractivity contribution in [2.24, 2.45) is 5.92 Å². The van der Waals surface area contributed by atoms with Crippen LogP contribution in [-0.2, 0) is 23.3 Å². The molecule has 2 fully saturated rings. The summed E-state index contributed by atoms with van der Waals surface area (Å²) in [6, 6.07) is 3.51. The molecule has 5 rings (SSSR count). The van der Waals surface area contributed by atoms with Crippen LogP contribution >= 0.6 is 0 Å². The third kappa shape index (κ3) is 7.59. The number of nitrogens with zero attached hydrogens (tertiary/aromatic N) is 7. The van der Waals surface area contributed by atoms with Gasteiger partial charge in [0, 0.05) is 44.7 Å². The fourth-order valence-electron chi connectivity index (χ4n) is 6.47. The van der Waals surface area contributed by atoms with Crippen LogP contribution in [0.3, 0.4) is 0 Å². The smallest absolute Gasteiger partial charge is 0.340 e. The van der Waals surface area contributed by atoms with E-state index in [0.717, 1.165) is 11.9 Å². The zero-order valence-corrected chi connectivity index (χ0v) is 25.8. The van der Waals surface area contributed by atoms with Gasteiger partial charge in [-0.25, -0.2) is 13.9 Å². The summed E-state index contributed by atoms with van der Waals surface area (Å²) >= 11 is 0. The predicted molar refractivity (Wildman–Crippen MR) is 151 cm³/mol. The summed E-state index contributed by atoms with van der Waals surface area (Å²) in [5.74, 6) is -3.38. The fraction of sp³-hybridized carbons (Fsp3) is 0.500. The quantitative estimate of drug-likeness (QED) is 0.273. The van der Waals surface area contributed by atoms with Gasteiger partial charge in [0.1, 0.15) is 5.82 Å². The van der Waals surface area contributed by atoms with E-state index in [1.165, 1.54) is 36.2 Å². The molecular weight excluding hydrogens is 680 g/mol. The molecule has 1 aromatic heterocycles. The zero-order chi connectivity index (χ0) is 36.1. The molecule has 9 nitrogen and oxygen atoms in total. The molecule has 49 heavy (non-hydrogen) atoms. The fourth-order valence-corrected chi connectivity index (χ4v) is 6.47. The van der Waals surface area contributed by atoms with Crippen LogP contribution < -0.4 is 4.90 Å². The minimum Gasteiger partial charge on any atom is -0.340 e. The molecule has 0 spiro atoms. The van der Waals surface area contributed by atoms with E-state index in [1.807, 2.05) is 0 Å². The third-order valence-electron chi connectivity index (χ3n) is 9.08. The molecule has 2 aromatic carbocycles. The number of hydrogen-bond donors (Lipinski definition) is 0. The monoisotopic (exact) mass is 709 g/mol. The van der Waals surface area contributed by atoms with Gasteiger partial charge >= 0.3 is 24.6 Å². The molecular formula is C30H29F10N7O2. The van der Waals surface area contributed by atoms with Crippen LogP contribution in [0.15, 0.2) is 42.5 Å². The number of carbonyl (C=O) groups is 2. The maximum Gasteiger partial charge on any atom is 0.453 e. The summed E-state index contributed by atoms with van der Waals surface area (Å²) in [6.45, 7) is -0.0537. The lowest BCUT2D eigenvalue weighted by Crippen LogP contribution is -2.48. The zero-order valence-electron chi connectivity index (χ0n) is 25.8. The number of aromatic nitrogens is 4. The second-order valence-corrected chi connectivity index (χ2v) is 12.1. The van der Waals surface area contributed by atoms with E-state index in [0.29, 0.717) is 27.3 Å². The summed E-state index contributed by atoms with van der Waals surface area (Å²) in [7, 11) is 2.31. The van der Waals surface area contributed by atoms with Gasteiger partial charge in [0.25, 0.3) is 5.82 Å². The number of alkyl halides is 9. The highest BCUT2D eigenvalue weighted by molar-refractivity contribution is 5.92. The Hall–Kier alpha value is -4.45. The van der Waals surface area contributed by atoms with Gasteiger partial charge in [-0.05, 0) is 72.0 Å². The second kappa shape index (κ2) is 13.1. The first kappa shape index (κ1) is 35.8. The standard InChI is InChI=1S/C30H29F10N7O2/c1-44(22-12-18(28(32,33)34)11-19(13-22)29(35,36)37)27(49)45(2)24-15-46(14-23(24)16-3-7-20(31)8-4-16)25(48)17-5-9-21(10-6-17)47-26(30(38,39)40)41-42-43-47/h3-4,7-8,11-13,17,21,23-24H,5-6,9-10,14-15H2,1-2H3/t17-,21+,23-,24+/m0/s1. The summed E-state index contributed by atoms with van der Waals surface area (Å²) < 4.78 is 135. The molecule has 2 atom stereocenters. The molecule has 19 heteroatoms. The van der Waals surface area contributed by atoms with Crippen LogP contribution in [0.25, 0.3) is 0 Å². The highest BCUT2D eigenvalue weighted by Gasteiger charge is 2.45. The lowest BCUT2D eigenvalue weighted by molar-refractivity contribution is -0.149. The number of hydrogen-bond acceptors (Lipinski definition) is 5. The number of tetrazole rings is 1. The number of halogens is 10. The lowest BCUT2D eigenvalue weighted by atomic mass is 9.85. The Labute approximate surface area is 272 Å². The van der Waals surface area contributed by atoms with Crippen LogP contribution in [0.2, 0.25) is 0 Å².